The van der Waals surface area contributed by atoms with E-state index in [4.69, 9.17) is 14.5 Å². The molecule has 0 atom stereocenters. The minimum absolute atomic E-state index is 0.000877. The molecule has 0 unspecified atom stereocenters. The fourth-order valence-electron chi connectivity index (χ4n) is 3.41. The first-order chi connectivity index (χ1) is 13.9. The Labute approximate surface area is 174 Å². The van der Waals surface area contributed by atoms with Crippen LogP contribution in [0.5, 0.6) is 11.5 Å². The maximum atomic E-state index is 13.5. The van der Waals surface area contributed by atoms with E-state index in [2.05, 4.69) is 14.1 Å². The lowest BCUT2D eigenvalue weighted by Crippen LogP contribution is -3.05. The van der Waals surface area contributed by atoms with Crippen LogP contribution in [0.4, 0.5) is 5.13 Å². The van der Waals surface area contributed by atoms with Crippen LogP contribution in [0.3, 0.4) is 0 Å². The van der Waals surface area contributed by atoms with E-state index in [9.17, 15) is 4.79 Å². The Hall–Kier alpha value is -2.64. The van der Waals surface area contributed by atoms with E-state index in [0.717, 1.165) is 45.6 Å². The van der Waals surface area contributed by atoms with E-state index in [1.54, 1.807) is 0 Å². The number of amides is 1. The van der Waals surface area contributed by atoms with Crippen LogP contribution in [-0.2, 0) is 0 Å². The van der Waals surface area contributed by atoms with Crippen LogP contribution < -0.4 is 19.3 Å². The second-order valence-corrected chi connectivity index (χ2v) is 8.76. The van der Waals surface area contributed by atoms with E-state index in [-0.39, 0.29) is 12.7 Å². The Morgan fingerprint density at radius 3 is 2.69 bits per heavy atom. The van der Waals surface area contributed by atoms with Crippen molar-refractivity contribution >= 4 is 32.6 Å². The second kappa shape index (κ2) is 8.00. The molecule has 0 spiro atoms. The number of rotatable bonds is 6. The quantitative estimate of drug-likeness (QED) is 0.677. The van der Waals surface area contributed by atoms with E-state index in [1.807, 2.05) is 49.1 Å². The van der Waals surface area contributed by atoms with Gasteiger partial charge < -0.3 is 14.4 Å². The van der Waals surface area contributed by atoms with Gasteiger partial charge in [0, 0.05) is 30.7 Å². The lowest BCUT2D eigenvalue weighted by atomic mass is 10.0. The van der Waals surface area contributed by atoms with Gasteiger partial charge in [0.2, 0.25) is 6.79 Å². The summed E-state index contributed by atoms with van der Waals surface area (Å²) >= 11 is 1.51. The van der Waals surface area contributed by atoms with E-state index in [0.29, 0.717) is 17.4 Å². The molecule has 1 aliphatic rings. The first kappa shape index (κ1) is 19.7. The van der Waals surface area contributed by atoms with Crippen LogP contribution in [0.1, 0.15) is 27.9 Å². The van der Waals surface area contributed by atoms with E-state index < -0.39 is 0 Å². The van der Waals surface area contributed by atoms with Crippen molar-refractivity contribution < 1.29 is 19.2 Å². The maximum Gasteiger partial charge on any atom is 0.260 e. The van der Waals surface area contributed by atoms with Gasteiger partial charge in [0.15, 0.2) is 16.6 Å². The summed E-state index contributed by atoms with van der Waals surface area (Å²) < 4.78 is 11.9. The molecule has 0 aliphatic carbocycles. The largest absolute Gasteiger partial charge is 0.454 e. The highest BCUT2D eigenvalue weighted by Gasteiger charge is 2.24. The summed E-state index contributed by atoms with van der Waals surface area (Å²) in [5.41, 5.74) is 3.61. The molecule has 1 amide bonds. The third-order valence-corrected chi connectivity index (χ3v) is 6.07. The molecule has 2 heterocycles. The Balaban J connectivity index is 1.71. The zero-order valence-corrected chi connectivity index (χ0v) is 18.1. The smallest absolute Gasteiger partial charge is 0.260 e. The van der Waals surface area contributed by atoms with Gasteiger partial charge in [-0.25, -0.2) is 4.98 Å². The van der Waals surface area contributed by atoms with E-state index in [1.165, 1.54) is 16.2 Å². The number of hydrogen-bond acceptors (Lipinski definition) is 5. The average molecular weight is 413 g/mol. The normalized spacial score (nSPS) is 12.7. The maximum absolute atomic E-state index is 13.5. The predicted octanol–water partition coefficient (Wildman–Crippen LogP) is 2.82. The third-order valence-electron chi connectivity index (χ3n) is 5.03. The molecule has 6 nitrogen and oxygen atoms in total. The molecule has 0 saturated carbocycles. The van der Waals surface area contributed by atoms with Crippen LogP contribution in [0, 0.1) is 13.8 Å². The number of carbonyl (C=O) groups is 1. The summed E-state index contributed by atoms with van der Waals surface area (Å²) in [6, 6.07) is 9.84. The molecule has 1 N–H and O–H groups in total. The zero-order valence-electron chi connectivity index (χ0n) is 17.2. The summed E-state index contributed by atoms with van der Waals surface area (Å²) in [7, 11) is 4.24. The first-order valence-corrected chi connectivity index (χ1v) is 10.6. The fraction of sp³-hybridized carbons (Fsp3) is 0.364. The van der Waals surface area contributed by atoms with Crippen LogP contribution in [0.15, 0.2) is 30.3 Å². The standard InChI is InChI=1S/C22H25N3O3S/c1-14-6-7-15(2)16(10-14)21(26)25(9-5-8-24(3)4)22-23-17-11-18-19(28-13-27-18)12-20(17)29-22/h6-7,10-12H,5,8-9,13H2,1-4H3/p+1. The van der Waals surface area contributed by atoms with Crippen LogP contribution in [0.2, 0.25) is 0 Å². The molecule has 29 heavy (non-hydrogen) atoms. The number of carbonyl (C=O) groups excluding carboxylic acids is 1. The number of nitrogens with one attached hydrogen (secondary N) is 1. The lowest BCUT2D eigenvalue weighted by Gasteiger charge is -2.21. The number of thiazole rings is 1. The summed E-state index contributed by atoms with van der Waals surface area (Å²) in [5, 5.41) is 0.711. The number of aryl methyl sites for hydroxylation is 2. The van der Waals surface area contributed by atoms with Gasteiger partial charge in [0.05, 0.1) is 30.9 Å². The van der Waals surface area contributed by atoms with Crippen molar-refractivity contribution in [2.45, 2.75) is 20.3 Å². The zero-order chi connectivity index (χ0) is 20.5. The fourth-order valence-corrected chi connectivity index (χ4v) is 4.41. The number of hydrogen-bond donors (Lipinski definition) is 1. The Bertz CT molecular complexity index is 1020. The van der Waals surface area contributed by atoms with Crippen molar-refractivity contribution in [3.63, 3.8) is 0 Å². The molecule has 0 radical (unpaired) electrons. The molecule has 1 aromatic heterocycles. The molecule has 152 valence electrons. The van der Waals surface area contributed by atoms with Crippen molar-refractivity contribution in [3.8, 4) is 11.5 Å². The van der Waals surface area contributed by atoms with Gasteiger partial charge in [-0.2, -0.15) is 0 Å². The van der Waals surface area contributed by atoms with Crippen molar-refractivity contribution in [3.05, 3.63) is 47.0 Å². The third kappa shape index (κ3) is 4.06. The van der Waals surface area contributed by atoms with Gasteiger partial charge in [-0.1, -0.05) is 29.0 Å². The highest BCUT2D eigenvalue weighted by molar-refractivity contribution is 7.22. The average Bonchev–Trinajstić information content (AvgIpc) is 3.30. The Morgan fingerprint density at radius 2 is 1.93 bits per heavy atom. The van der Waals surface area contributed by atoms with Crippen molar-refractivity contribution in [1.82, 2.24) is 4.98 Å². The topological polar surface area (TPSA) is 56.1 Å². The van der Waals surface area contributed by atoms with E-state index >= 15 is 0 Å². The minimum atomic E-state index is -0.000877. The minimum Gasteiger partial charge on any atom is -0.454 e. The number of nitrogens with zero attached hydrogens (tertiary/aromatic N) is 2. The monoisotopic (exact) mass is 412 g/mol. The molecule has 3 aromatic rings. The van der Waals surface area contributed by atoms with Crippen LogP contribution in [-0.4, -0.2) is 44.9 Å². The number of fused-ring (bicyclic) bond motifs is 2. The molecule has 7 heteroatoms. The highest BCUT2D eigenvalue weighted by Crippen LogP contribution is 2.40. The number of aromatic nitrogens is 1. The number of anilines is 1. The highest BCUT2D eigenvalue weighted by atomic mass is 32.1. The van der Waals surface area contributed by atoms with Gasteiger partial charge in [0.1, 0.15) is 0 Å². The van der Waals surface area contributed by atoms with Gasteiger partial charge in [-0.3, -0.25) is 9.69 Å². The second-order valence-electron chi connectivity index (χ2n) is 7.76. The number of ether oxygens (including phenoxy) is 2. The SMILES string of the molecule is Cc1ccc(C)c(C(=O)N(CCC[NH+](C)C)c2nc3cc4c(cc3s2)OCO4)c1. The van der Waals surface area contributed by atoms with Crippen molar-refractivity contribution in [1.29, 1.82) is 0 Å². The van der Waals surface area contributed by atoms with Gasteiger partial charge in [0.25, 0.3) is 5.91 Å². The molecular formula is C22H26N3O3S+. The Morgan fingerprint density at radius 1 is 1.17 bits per heavy atom. The predicted molar refractivity (Wildman–Crippen MR) is 116 cm³/mol. The van der Waals surface area contributed by atoms with Gasteiger partial charge >= 0.3 is 0 Å². The number of quaternary nitrogens is 1. The summed E-state index contributed by atoms with van der Waals surface area (Å²) in [4.78, 5) is 21.5. The summed E-state index contributed by atoms with van der Waals surface area (Å²) in [6.45, 7) is 5.84. The van der Waals surface area contributed by atoms with Gasteiger partial charge in [-0.05, 0) is 25.5 Å². The summed E-state index contributed by atoms with van der Waals surface area (Å²) in [6.07, 6.45) is 0.900. The summed E-state index contributed by atoms with van der Waals surface area (Å²) in [5.74, 6) is 1.44. The Kier molecular flexibility index (Phi) is 5.43. The van der Waals surface area contributed by atoms with Crippen LogP contribution >= 0.6 is 11.3 Å². The molecule has 0 fully saturated rings. The van der Waals surface area contributed by atoms with Crippen molar-refractivity contribution in [2.24, 2.45) is 0 Å². The van der Waals surface area contributed by atoms with Crippen molar-refractivity contribution in [2.75, 3.05) is 38.9 Å². The van der Waals surface area contributed by atoms with Crippen LogP contribution in [0.25, 0.3) is 10.2 Å². The lowest BCUT2D eigenvalue weighted by molar-refractivity contribution is -0.858. The molecule has 2 aromatic carbocycles. The molecule has 0 bridgehead atoms. The molecule has 0 saturated heterocycles. The molecule has 1 aliphatic heterocycles. The molecule has 4 rings (SSSR count). The first-order valence-electron chi connectivity index (χ1n) is 9.80. The molecular weight excluding hydrogens is 386 g/mol. The van der Waals surface area contributed by atoms with Gasteiger partial charge in [-0.15, -0.1) is 0 Å². The number of benzene rings is 2.